The first-order chi connectivity index (χ1) is 30.1. The summed E-state index contributed by atoms with van der Waals surface area (Å²) in [6.45, 7) is 17.5. The second-order valence-electron chi connectivity index (χ2n) is 17.3. The van der Waals surface area contributed by atoms with Crippen LogP contribution < -0.4 is 10.7 Å². The molecule has 1 aliphatic heterocycles. The fraction of sp³-hybridized carbons (Fsp3) is 0.553. The number of likely N-dealkylation sites (N-methyl/N-ethyl adjacent to an activating group) is 1. The van der Waals surface area contributed by atoms with Gasteiger partial charge in [0.15, 0.2) is 11.7 Å². The number of nitrogens with zero attached hydrogens (tertiary/aromatic N) is 6. The molecule has 0 saturated carbocycles. The SMILES string of the molecule is CCCCN(C)C=O.CCn1c(-c2cccnc2C(C)OC)c(CC(C)(C)COC=O)c2cc(-c3cnc(CC(NC(=O)C(C(C)C)N(C)C=O)C(=O)N4CCCCN4)o3)ccc21. The van der Waals surface area contributed by atoms with Crippen molar-refractivity contribution in [3.8, 4) is 22.6 Å². The van der Waals surface area contributed by atoms with Crippen molar-refractivity contribution in [2.24, 2.45) is 11.3 Å². The van der Waals surface area contributed by atoms with Crippen LogP contribution >= 0.6 is 0 Å². The molecule has 1 saturated heterocycles. The van der Waals surface area contributed by atoms with Gasteiger partial charge in [-0.25, -0.2) is 10.4 Å². The molecule has 1 aromatic carbocycles. The molecule has 63 heavy (non-hydrogen) atoms. The van der Waals surface area contributed by atoms with Crippen molar-refractivity contribution in [2.45, 2.75) is 112 Å². The highest BCUT2D eigenvalue weighted by Crippen LogP contribution is 2.41. The van der Waals surface area contributed by atoms with Gasteiger partial charge in [0.05, 0.1) is 36.7 Å². The predicted molar refractivity (Wildman–Crippen MR) is 242 cm³/mol. The molecule has 4 heterocycles. The normalized spacial score (nSPS) is 14.3. The minimum Gasteiger partial charge on any atom is -0.467 e. The number of aryl methyl sites for hydroxylation is 1. The maximum absolute atomic E-state index is 13.8. The summed E-state index contributed by atoms with van der Waals surface area (Å²) in [6, 6.07) is 8.38. The van der Waals surface area contributed by atoms with Crippen molar-refractivity contribution in [1.82, 2.24) is 40.1 Å². The Morgan fingerprint density at radius 1 is 1.06 bits per heavy atom. The van der Waals surface area contributed by atoms with E-state index in [4.69, 9.17) is 18.9 Å². The summed E-state index contributed by atoms with van der Waals surface area (Å²) in [5, 5.41) is 5.45. The zero-order valence-corrected chi connectivity index (χ0v) is 38.8. The lowest BCUT2D eigenvalue weighted by atomic mass is 9.84. The summed E-state index contributed by atoms with van der Waals surface area (Å²) in [6.07, 6.45) is 9.26. The van der Waals surface area contributed by atoms with Crippen molar-refractivity contribution in [3.05, 3.63) is 59.9 Å². The zero-order valence-electron chi connectivity index (χ0n) is 38.8. The Balaban J connectivity index is 0.000000990. The van der Waals surface area contributed by atoms with Crippen LogP contribution in [0.2, 0.25) is 0 Å². The molecule has 4 amide bonds. The molecule has 4 aromatic rings. The summed E-state index contributed by atoms with van der Waals surface area (Å²) in [5.41, 5.74) is 8.39. The van der Waals surface area contributed by atoms with Gasteiger partial charge in [0.1, 0.15) is 12.1 Å². The van der Waals surface area contributed by atoms with E-state index in [0.29, 0.717) is 44.7 Å². The second kappa shape index (κ2) is 23.7. The monoisotopic (exact) mass is 873 g/mol. The maximum atomic E-state index is 13.8. The first-order valence-electron chi connectivity index (χ1n) is 22.0. The second-order valence-corrected chi connectivity index (χ2v) is 17.3. The molecule has 16 heteroatoms. The molecule has 16 nitrogen and oxygen atoms in total. The summed E-state index contributed by atoms with van der Waals surface area (Å²) >= 11 is 0. The molecule has 5 rings (SSSR count). The van der Waals surface area contributed by atoms with Gasteiger partial charge in [-0.15, -0.1) is 0 Å². The molecule has 1 fully saturated rings. The lowest BCUT2D eigenvalue weighted by molar-refractivity contribution is -0.142. The number of hydrogen-bond donors (Lipinski definition) is 2. The molecule has 3 atom stereocenters. The van der Waals surface area contributed by atoms with Gasteiger partial charge in [0.2, 0.25) is 18.7 Å². The number of unbranched alkanes of at least 4 members (excludes halogenated alkanes) is 1. The number of oxazole rings is 1. The molecular formula is C47H68N8O8. The number of aromatic nitrogens is 3. The van der Waals surface area contributed by atoms with E-state index in [1.807, 2.05) is 32.9 Å². The lowest BCUT2D eigenvalue weighted by Gasteiger charge is -2.33. The Bertz CT molecular complexity index is 2120. The zero-order chi connectivity index (χ0) is 46.3. The number of carbonyl (C=O) groups excluding carboxylic acids is 5. The number of hydrazine groups is 1. The number of methoxy groups -OCH3 is 1. The van der Waals surface area contributed by atoms with Crippen LogP contribution in [0, 0.1) is 11.3 Å². The third-order valence-corrected chi connectivity index (χ3v) is 11.3. The van der Waals surface area contributed by atoms with E-state index in [1.165, 1.54) is 4.90 Å². The summed E-state index contributed by atoms with van der Waals surface area (Å²) in [7, 11) is 5.02. The smallest absolute Gasteiger partial charge is 0.293 e. The number of hydrogen-bond acceptors (Lipinski definition) is 11. The van der Waals surface area contributed by atoms with Crippen molar-refractivity contribution < 1.29 is 37.9 Å². The number of rotatable bonds is 22. The quantitative estimate of drug-likeness (QED) is 0.0889. The van der Waals surface area contributed by atoms with Crippen molar-refractivity contribution >= 4 is 42.0 Å². The van der Waals surface area contributed by atoms with Gasteiger partial charge in [0, 0.05) is 81.0 Å². The Kier molecular flexibility index (Phi) is 18.8. The highest BCUT2D eigenvalue weighted by atomic mass is 16.5. The summed E-state index contributed by atoms with van der Waals surface area (Å²) < 4.78 is 19.6. The van der Waals surface area contributed by atoms with Gasteiger partial charge in [-0.2, -0.15) is 0 Å². The van der Waals surface area contributed by atoms with E-state index in [-0.39, 0.29) is 36.8 Å². The number of nitrogens with one attached hydrogen (secondary N) is 2. The number of pyridine rings is 1. The van der Waals surface area contributed by atoms with Crippen LogP contribution in [0.25, 0.3) is 33.5 Å². The van der Waals surface area contributed by atoms with Crippen molar-refractivity contribution in [2.75, 3.05) is 47.4 Å². The van der Waals surface area contributed by atoms with Crippen LogP contribution in [-0.4, -0.2) is 120 Å². The highest BCUT2D eigenvalue weighted by Gasteiger charge is 2.34. The Hall–Kier alpha value is -5.61. The molecule has 3 unspecified atom stereocenters. The predicted octanol–water partition coefficient (Wildman–Crippen LogP) is 5.97. The number of benzene rings is 1. The Morgan fingerprint density at radius 3 is 2.44 bits per heavy atom. The van der Waals surface area contributed by atoms with E-state index in [9.17, 15) is 24.0 Å². The van der Waals surface area contributed by atoms with E-state index < -0.39 is 23.4 Å². The summed E-state index contributed by atoms with van der Waals surface area (Å²) in [4.78, 5) is 72.4. The average molecular weight is 873 g/mol. The van der Waals surface area contributed by atoms with E-state index in [1.54, 1.807) is 43.5 Å². The molecule has 0 radical (unpaired) electrons. The molecule has 3 aromatic heterocycles. The number of carbonyl (C=O) groups is 5. The van der Waals surface area contributed by atoms with Crippen molar-refractivity contribution in [3.63, 3.8) is 0 Å². The number of amides is 4. The van der Waals surface area contributed by atoms with Crippen LogP contribution in [0.3, 0.4) is 0 Å². The minimum atomic E-state index is -0.986. The number of ether oxygens (including phenoxy) is 2. The van der Waals surface area contributed by atoms with E-state index >= 15 is 0 Å². The highest BCUT2D eigenvalue weighted by molar-refractivity contribution is 5.95. The van der Waals surface area contributed by atoms with Gasteiger partial charge >= 0.3 is 0 Å². The molecule has 0 aliphatic carbocycles. The maximum Gasteiger partial charge on any atom is 0.293 e. The molecule has 1 aliphatic rings. The molecule has 2 N–H and O–H groups in total. The fourth-order valence-electron chi connectivity index (χ4n) is 7.95. The minimum absolute atomic E-state index is 0.00855. The molecule has 0 spiro atoms. The molecular weight excluding hydrogens is 805 g/mol. The Labute approximate surface area is 372 Å². The third-order valence-electron chi connectivity index (χ3n) is 11.3. The van der Waals surface area contributed by atoms with Gasteiger partial charge in [-0.3, -0.25) is 34.0 Å². The number of fused-ring (bicyclic) bond motifs is 1. The van der Waals surface area contributed by atoms with Crippen LogP contribution in [0.5, 0.6) is 0 Å². The fourth-order valence-corrected chi connectivity index (χ4v) is 7.95. The molecule has 0 bridgehead atoms. The Morgan fingerprint density at radius 2 is 1.83 bits per heavy atom. The standard InChI is InChI=1S/C41H55N7O7.C6H13NO/c1-9-47-33-15-14-28(19-30(33)31(21-41(5,6)23-54-25-50)38(47)29-13-12-16-42-36(29)27(4)53-8)34-22-43-35(55-34)20-32(40(52)48-18-11-10-17-44-48)45-39(51)37(26(2)3)46(7)24-49;1-3-4-5-7(2)6-8/h12-16,19,22,24-27,32,37,44H,9-11,17-18,20-21,23H2,1-8H3,(H,45,51);6H,3-5H2,1-2H3. The van der Waals surface area contributed by atoms with Crippen LogP contribution in [0.4, 0.5) is 0 Å². The largest absolute Gasteiger partial charge is 0.467 e. The summed E-state index contributed by atoms with van der Waals surface area (Å²) in [5.74, 6) is -0.141. The van der Waals surface area contributed by atoms with Crippen LogP contribution in [0.1, 0.15) is 97.4 Å². The van der Waals surface area contributed by atoms with E-state index in [2.05, 4.69) is 66.2 Å². The van der Waals surface area contributed by atoms with Gasteiger partial charge in [-0.05, 0) is 81.3 Å². The molecule has 344 valence electrons. The van der Waals surface area contributed by atoms with E-state index in [0.717, 1.165) is 77.6 Å². The van der Waals surface area contributed by atoms with Gasteiger partial charge < -0.3 is 33.6 Å². The van der Waals surface area contributed by atoms with Crippen LogP contribution in [0.15, 0.2) is 47.1 Å². The van der Waals surface area contributed by atoms with Gasteiger partial charge in [-0.1, -0.05) is 41.0 Å². The third kappa shape index (κ3) is 13.0. The topological polar surface area (TPSA) is 181 Å². The van der Waals surface area contributed by atoms with Crippen molar-refractivity contribution in [1.29, 1.82) is 0 Å². The van der Waals surface area contributed by atoms with Crippen LogP contribution in [-0.2, 0) is 52.8 Å². The first kappa shape index (κ1) is 50.0. The first-order valence-corrected chi connectivity index (χ1v) is 22.0. The van der Waals surface area contributed by atoms with Gasteiger partial charge in [0.25, 0.3) is 12.4 Å². The lowest BCUT2D eigenvalue weighted by Crippen LogP contribution is -2.59. The average Bonchev–Trinajstić information content (AvgIpc) is 3.88.